The molecule has 2 aliphatic rings. The van der Waals surface area contributed by atoms with Gasteiger partial charge in [-0.25, -0.2) is 4.79 Å². The fourth-order valence-electron chi connectivity index (χ4n) is 3.41. The van der Waals surface area contributed by atoms with Gasteiger partial charge in [-0.1, -0.05) is 0 Å². The van der Waals surface area contributed by atoms with Crippen LogP contribution in [0.4, 0.5) is 4.79 Å². The second kappa shape index (κ2) is 9.01. The van der Waals surface area contributed by atoms with Gasteiger partial charge in [0.05, 0.1) is 19.3 Å². The number of hydrogen-bond acceptors (Lipinski definition) is 5. The second-order valence-electron chi connectivity index (χ2n) is 6.72. The van der Waals surface area contributed by atoms with Gasteiger partial charge in [0.25, 0.3) is 0 Å². The highest BCUT2D eigenvalue weighted by Gasteiger charge is 2.29. The summed E-state index contributed by atoms with van der Waals surface area (Å²) >= 11 is 0. The van der Waals surface area contributed by atoms with E-state index in [-0.39, 0.29) is 18.2 Å². The molecule has 7 heteroatoms. The maximum absolute atomic E-state index is 12.5. The monoisotopic (exact) mass is 348 g/mol. The number of ether oxygens (including phenoxy) is 2. The lowest BCUT2D eigenvalue weighted by molar-refractivity contribution is 0.124. The average molecular weight is 348 g/mol. The fourth-order valence-corrected chi connectivity index (χ4v) is 3.41. The molecule has 1 aromatic heterocycles. The molecule has 0 radical (unpaired) electrons. The summed E-state index contributed by atoms with van der Waals surface area (Å²) in [4.78, 5) is 20.8. The number of nitrogens with zero attached hydrogens (tertiary/aromatic N) is 3. The Morgan fingerprint density at radius 2 is 2.16 bits per heavy atom. The maximum Gasteiger partial charge on any atom is 0.317 e. The smallest absolute Gasteiger partial charge is 0.317 e. The summed E-state index contributed by atoms with van der Waals surface area (Å²) in [5.74, 6) is 0.762. The minimum absolute atomic E-state index is 0.0348. The van der Waals surface area contributed by atoms with Crippen LogP contribution in [0, 0.1) is 0 Å². The van der Waals surface area contributed by atoms with E-state index in [0.29, 0.717) is 6.54 Å². The number of hydrogen-bond donors (Lipinski definition) is 1. The van der Waals surface area contributed by atoms with E-state index in [9.17, 15) is 4.79 Å². The first-order valence-electron chi connectivity index (χ1n) is 9.08. The first-order valence-corrected chi connectivity index (χ1v) is 9.08. The predicted octanol–water partition coefficient (Wildman–Crippen LogP) is 1.36. The van der Waals surface area contributed by atoms with Crippen LogP contribution in [0.15, 0.2) is 24.5 Å². The van der Waals surface area contributed by atoms with Crippen molar-refractivity contribution in [2.75, 3.05) is 46.4 Å². The molecule has 7 nitrogen and oxygen atoms in total. The number of aromatic nitrogens is 1. The SMILES string of the molecule is COCCN1CCC(NC(=O)N2CCC(Oc3cccnc3)C2)CC1. The van der Waals surface area contributed by atoms with Crippen LogP contribution in [0.1, 0.15) is 19.3 Å². The summed E-state index contributed by atoms with van der Waals surface area (Å²) in [5.41, 5.74) is 0. The first-order chi connectivity index (χ1) is 12.2. The van der Waals surface area contributed by atoms with E-state index in [2.05, 4.69) is 15.2 Å². The van der Waals surface area contributed by atoms with Crippen LogP contribution in [0.25, 0.3) is 0 Å². The van der Waals surface area contributed by atoms with Crippen molar-refractivity contribution >= 4 is 6.03 Å². The lowest BCUT2D eigenvalue weighted by atomic mass is 10.1. The molecule has 138 valence electrons. The molecule has 1 unspecified atom stereocenters. The van der Waals surface area contributed by atoms with Crippen molar-refractivity contribution in [2.24, 2.45) is 0 Å². The molecule has 0 spiro atoms. The summed E-state index contributed by atoms with van der Waals surface area (Å²) in [5, 5.41) is 3.18. The highest BCUT2D eigenvalue weighted by atomic mass is 16.5. The van der Waals surface area contributed by atoms with Gasteiger partial charge in [-0.2, -0.15) is 0 Å². The van der Waals surface area contributed by atoms with Crippen molar-refractivity contribution in [3.63, 3.8) is 0 Å². The Bertz CT molecular complexity index is 534. The molecular formula is C18H28N4O3. The lowest BCUT2D eigenvalue weighted by Gasteiger charge is -2.33. The zero-order valence-electron chi connectivity index (χ0n) is 14.9. The number of piperidine rings is 1. The molecular weight excluding hydrogens is 320 g/mol. The minimum atomic E-state index is 0.0348. The van der Waals surface area contributed by atoms with Gasteiger partial charge >= 0.3 is 6.03 Å². The Hall–Kier alpha value is -1.86. The standard InChI is InChI=1S/C18H28N4O3/c1-24-12-11-21-8-4-15(5-9-21)20-18(23)22-10-6-17(14-22)25-16-3-2-7-19-13-16/h2-3,7,13,15,17H,4-6,8-12,14H2,1H3,(H,20,23). The van der Waals surface area contributed by atoms with Gasteiger partial charge in [-0.15, -0.1) is 0 Å². The van der Waals surface area contributed by atoms with Crippen molar-refractivity contribution in [1.29, 1.82) is 0 Å². The number of rotatable bonds is 6. The molecule has 1 aromatic rings. The molecule has 2 amide bonds. The maximum atomic E-state index is 12.5. The Labute approximate surface area is 149 Å². The zero-order chi connectivity index (χ0) is 17.5. The Morgan fingerprint density at radius 1 is 1.32 bits per heavy atom. The highest BCUT2D eigenvalue weighted by molar-refractivity contribution is 5.74. The third-order valence-electron chi connectivity index (χ3n) is 4.90. The van der Waals surface area contributed by atoms with Gasteiger partial charge in [0.15, 0.2) is 0 Å². The zero-order valence-corrected chi connectivity index (χ0v) is 14.9. The largest absolute Gasteiger partial charge is 0.487 e. The molecule has 3 heterocycles. The molecule has 2 aliphatic heterocycles. The van der Waals surface area contributed by atoms with Crippen molar-refractivity contribution in [1.82, 2.24) is 20.1 Å². The highest BCUT2D eigenvalue weighted by Crippen LogP contribution is 2.18. The second-order valence-corrected chi connectivity index (χ2v) is 6.72. The molecule has 1 atom stereocenters. The summed E-state index contributed by atoms with van der Waals surface area (Å²) in [6.07, 6.45) is 6.34. The van der Waals surface area contributed by atoms with Crippen molar-refractivity contribution < 1.29 is 14.3 Å². The summed E-state index contributed by atoms with van der Waals surface area (Å²) in [6.45, 7) is 5.14. The lowest BCUT2D eigenvalue weighted by Crippen LogP contribution is -2.49. The summed E-state index contributed by atoms with van der Waals surface area (Å²) in [7, 11) is 1.73. The van der Waals surface area contributed by atoms with Crippen LogP contribution in [0.2, 0.25) is 0 Å². The number of methoxy groups -OCH3 is 1. The summed E-state index contributed by atoms with van der Waals surface area (Å²) in [6, 6.07) is 4.05. The third-order valence-corrected chi connectivity index (χ3v) is 4.90. The number of amides is 2. The third kappa shape index (κ3) is 5.31. The molecule has 0 bridgehead atoms. The predicted molar refractivity (Wildman–Crippen MR) is 94.7 cm³/mol. The van der Waals surface area contributed by atoms with E-state index in [1.807, 2.05) is 17.0 Å². The fraction of sp³-hybridized carbons (Fsp3) is 0.667. The molecule has 3 rings (SSSR count). The normalized spacial score (nSPS) is 22.1. The van der Waals surface area contributed by atoms with E-state index in [1.54, 1.807) is 19.5 Å². The van der Waals surface area contributed by atoms with E-state index < -0.39 is 0 Å². The number of carbonyl (C=O) groups is 1. The Kier molecular flexibility index (Phi) is 6.47. The van der Waals surface area contributed by atoms with Crippen LogP contribution >= 0.6 is 0 Å². The molecule has 0 aliphatic carbocycles. The van der Waals surface area contributed by atoms with Crippen LogP contribution in [0.5, 0.6) is 5.75 Å². The van der Waals surface area contributed by atoms with Crippen LogP contribution < -0.4 is 10.1 Å². The number of nitrogens with one attached hydrogen (secondary N) is 1. The van der Waals surface area contributed by atoms with Crippen molar-refractivity contribution in [2.45, 2.75) is 31.4 Å². The molecule has 2 saturated heterocycles. The molecule has 2 fully saturated rings. The topological polar surface area (TPSA) is 66.9 Å². The molecule has 25 heavy (non-hydrogen) atoms. The quantitative estimate of drug-likeness (QED) is 0.841. The van der Waals surface area contributed by atoms with Crippen LogP contribution in [-0.2, 0) is 4.74 Å². The van der Waals surface area contributed by atoms with Gasteiger partial charge in [0, 0.05) is 51.9 Å². The number of likely N-dealkylation sites (tertiary alicyclic amines) is 2. The number of pyridine rings is 1. The Balaban J connectivity index is 1.38. The van der Waals surface area contributed by atoms with Gasteiger partial charge in [0.2, 0.25) is 0 Å². The van der Waals surface area contributed by atoms with E-state index in [0.717, 1.165) is 57.8 Å². The van der Waals surface area contributed by atoms with E-state index in [1.165, 1.54) is 0 Å². The molecule has 0 saturated carbocycles. The number of urea groups is 1. The van der Waals surface area contributed by atoms with Crippen molar-refractivity contribution in [3.05, 3.63) is 24.5 Å². The van der Waals surface area contributed by atoms with Gasteiger partial charge in [-0.05, 0) is 25.0 Å². The van der Waals surface area contributed by atoms with Crippen LogP contribution in [-0.4, -0.2) is 79.4 Å². The minimum Gasteiger partial charge on any atom is -0.487 e. The average Bonchev–Trinajstić information content (AvgIpc) is 3.11. The van der Waals surface area contributed by atoms with Gasteiger partial charge in [-0.3, -0.25) is 4.98 Å². The number of carbonyl (C=O) groups excluding carboxylic acids is 1. The van der Waals surface area contributed by atoms with Crippen molar-refractivity contribution in [3.8, 4) is 5.75 Å². The van der Waals surface area contributed by atoms with Crippen LogP contribution in [0.3, 0.4) is 0 Å². The van der Waals surface area contributed by atoms with Gasteiger partial charge in [0.1, 0.15) is 11.9 Å². The Morgan fingerprint density at radius 3 is 2.88 bits per heavy atom. The van der Waals surface area contributed by atoms with Gasteiger partial charge < -0.3 is 24.6 Å². The first kappa shape index (κ1) is 17.9. The van der Waals surface area contributed by atoms with E-state index in [4.69, 9.17) is 9.47 Å². The molecule has 0 aromatic carbocycles. The van der Waals surface area contributed by atoms with E-state index >= 15 is 0 Å². The summed E-state index contributed by atoms with van der Waals surface area (Å²) < 4.78 is 11.0. The molecule has 1 N–H and O–H groups in total.